The fourth-order valence-electron chi connectivity index (χ4n) is 1.32. The molecule has 2 rings (SSSR count). The lowest BCUT2D eigenvalue weighted by Crippen LogP contribution is -2.13. The third-order valence-corrected chi connectivity index (χ3v) is 2.84. The normalized spacial score (nSPS) is 10.5. The Morgan fingerprint density at radius 1 is 1.35 bits per heavy atom. The van der Waals surface area contributed by atoms with Crippen molar-refractivity contribution in [3.63, 3.8) is 0 Å². The minimum absolute atomic E-state index is 0.0113. The number of halogens is 3. The number of nitrogens with one attached hydrogen (secondary N) is 1. The molecule has 88 valence electrons. The van der Waals surface area contributed by atoms with E-state index in [1.165, 1.54) is 0 Å². The molecule has 17 heavy (non-hydrogen) atoms. The van der Waals surface area contributed by atoms with Crippen molar-refractivity contribution in [2.75, 3.05) is 0 Å². The van der Waals surface area contributed by atoms with E-state index in [-0.39, 0.29) is 21.4 Å². The summed E-state index contributed by atoms with van der Waals surface area (Å²) in [6.07, 6.45) is 0. The number of aromatic amines is 1. The topological polar surface area (TPSA) is 84.7 Å². The number of nitrogens with zero attached hydrogens (tertiary/aromatic N) is 2. The monoisotopic (exact) mass is 302 g/mol. The lowest BCUT2D eigenvalue weighted by molar-refractivity contribution is 0.0996. The summed E-state index contributed by atoms with van der Waals surface area (Å²) >= 11 is 2.94. The van der Waals surface area contributed by atoms with E-state index in [2.05, 4.69) is 31.3 Å². The molecule has 2 aromatic rings. The Kier molecular flexibility index (Phi) is 2.88. The molecule has 0 atom stereocenters. The molecule has 0 saturated carbocycles. The molecule has 3 N–H and O–H groups in total. The molecule has 0 aliphatic heterocycles. The Balaban J connectivity index is 2.68. The molecular weight excluding hydrogens is 298 g/mol. The minimum atomic E-state index is -0.842. The number of benzene rings is 1. The molecule has 0 aliphatic rings. The fourth-order valence-corrected chi connectivity index (χ4v) is 1.74. The zero-order valence-corrected chi connectivity index (χ0v) is 9.75. The summed E-state index contributed by atoms with van der Waals surface area (Å²) in [5, 5.41) is 9.34. The first-order chi connectivity index (χ1) is 8.00. The van der Waals surface area contributed by atoms with Crippen LogP contribution in [0.3, 0.4) is 0 Å². The van der Waals surface area contributed by atoms with Crippen molar-refractivity contribution in [1.29, 1.82) is 0 Å². The van der Waals surface area contributed by atoms with E-state index in [0.717, 1.165) is 6.07 Å². The average Bonchev–Trinajstić information content (AvgIpc) is 2.72. The van der Waals surface area contributed by atoms with Crippen LogP contribution in [0.4, 0.5) is 8.78 Å². The second-order valence-corrected chi connectivity index (χ2v) is 3.93. The molecule has 0 unspecified atom stereocenters. The van der Waals surface area contributed by atoms with Crippen LogP contribution in [-0.4, -0.2) is 21.3 Å². The summed E-state index contributed by atoms with van der Waals surface area (Å²) < 4.78 is 26.4. The molecule has 5 nitrogen and oxygen atoms in total. The zero-order chi connectivity index (χ0) is 12.6. The molecule has 0 bridgehead atoms. The van der Waals surface area contributed by atoms with E-state index in [1.54, 1.807) is 0 Å². The maximum absolute atomic E-state index is 13.3. The van der Waals surface area contributed by atoms with Crippen LogP contribution in [0, 0.1) is 11.6 Å². The molecule has 1 aromatic heterocycles. The second kappa shape index (κ2) is 4.21. The molecule has 1 aromatic carbocycles. The summed E-state index contributed by atoms with van der Waals surface area (Å²) in [5.74, 6) is -2.44. The van der Waals surface area contributed by atoms with Gasteiger partial charge in [0.1, 0.15) is 17.3 Å². The predicted octanol–water partition coefficient (Wildman–Crippen LogP) is 1.61. The highest BCUT2D eigenvalue weighted by Gasteiger charge is 2.20. The van der Waals surface area contributed by atoms with Crippen molar-refractivity contribution in [1.82, 2.24) is 15.4 Å². The molecule has 0 radical (unpaired) electrons. The number of H-pyrrole nitrogens is 1. The Bertz CT molecular complexity index is 599. The second-order valence-electron chi connectivity index (χ2n) is 3.13. The number of aromatic nitrogens is 3. The number of rotatable bonds is 2. The SMILES string of the molecule is NC(=O)c1n[nH]nc1-c1cc(F)cc(F)c1Br. The Labute approximate surface area is 102 Å². The zero-order valence-electron chi connectivity index (χ0n) is 8.17. The first kappa shape index (κ1) is 11.6. The van der Waals surface area contributed by atoms with Crippen LogP contribution >= 0.6 is 15.9 Å². The van der Waals surface area contributed by atoms with Crippen LogP contribution < -0.4 is 5.73 Å². The Morgan fingerprint density at radius 2 is 2.06 bits per heavy atom. The summed E-state index contributed by atoms with van der Waals surface area (Å²) in [4.78, 5) is 11.0. The first-order valence-electron chi connectivity index (χ1n) is 4.36. The molecule has 1 heterocycles. The fraction of sp³-hybridized carbons (Fsp3) is 0. The van der Waals surface area contributed by atoms with Gasteiger partial charge in [0, 0.05) is 11.6 Å². The van der Waals surface area contributed by atoms with E-state index in [1.807, 2.05) is 0 Å². The van der Waals surface area contributed by atoms with Crippen molar-refractivity contribution in [2.45, 2.75) is 0 Å². The smallest absolute Gasteiger partial charge is 0.271 e. The van der Waals surface area contributed by atoms with Gasteiger partial charge in [-0.15, -0.1) is 0 Å². The molecule has 0 fully saturated rings. The van der Waals surface area contributed by atoms with Crippen LogP contribution in [0.2, 0.25) is 0 Å². The molecule has 1 amide bonds. The maximum Gasteiger partial charge on any atom is 0.271 e. The first-order valence-corrected chi connectivity index (χ1v) is 5.15. The van der Waals surface area contributed by atoms with Gasteiger partial charge >= 0.3 is 0 Å². The van der Waals surface area contributed by atoms with Gasteiger partial charge in [0.05, 0.1) is 4.47 Å². The van der Waals surface area contributed by atoms with E-state index in [0.29, 0.717) is 6.07 Å². The predicted molar refractivity (Wildman–Crippen MR) is 58.0 cm³/mol. The third kappa shape index (κ3) is 2.03. The summed E-state index contributed by atoms with van der Waals surface area (Å²) in [6.45, 7) is 0. The van der Waals surface area contributed by atoms with Crippen molar-refractivity contribution < 1.29 is 13.6 Å². The number of hydrogen-bond acceptors (Lipinski definition) is 3. The summed E-state index contributed by atoms with van der Waals surface area (Å²) in [5.41, 5.74) is 4.92. The number of hydrogen-bond donors (Lipinski definition) is 2. The molecule has 8 heteroatoms. The largest absolute Gasteiger partial charge is 0.364 e. The van der Waals surface area contributed by atoms with Crippen molar-refractivity contribution in [2.24, 2.45) is 5.73 Å². The standard InChI is InChI=1S/C9H5BrF2N4O/c10-6-4(1-3(11)2-5(6)12)7-8(9(13)17)15-16-14-7/h1-2H,(H2,13,17)(H,14,15,16). The van der Waals surface area contributed by atoms with Gasteiger partial charge < -0.3 is 5.73 Å². The van der Waals surface area contributed by atoms with E-state index < -0.39 is 17.5 Å². The van der Waals surface area contributed by atoms with Gasteiger partial charge in [-0.05, 0) is 22.0 Å². The van der Waals surface area contributed by atoms with Gasteiger partial charge in [0.2, 0.25) is 0 Å². The van der Waals surface area contributed by atoms with Crippen LogP contribution in [-0.2, 0) is 0 Å². The number of primary amides is 1. The quantitative estimate of drug-likeness (QED) is 0.827. The van der Waals surface area contributed by atoms with Crippen molar-refractivity contribution >= 4 is 21.8 Å². The molecule has 0 spiro atoms. The van der Waals surface area contributed by atoms with E-state index in [4.69, 9.17) is 5.73 Å². The van der Waals surface area contributed by atoms with Crippen LogP contribution in [0.5, 0.6) is 0 Å². The lowest BCUT2D eigenvalue weighted by atomic mass is 10.1. The van der Waals surface area contributed by atoms with Gasteiger partial charge in [-0.25, -0.2) is 8.78 Å². The minimum Gasteiger partial charge on any atom is -0.364 e. The van der Waals surface area contributed by atoms with Gasteiger partial charge in [-0.1, -0.05) is 0 Å². The third-order valence-electron chi connectivity index (χ3n) is 2.03. The summed E-state index contributed by atoms with van der Waals surface area (Å²) in [6, 6.07) is 1.73. The Hall–Kier alpha value is -1.83. The van der Waals surface area contributed by atoms with Crippen LogP contribution in [0.1, 0.15) is 10.5 Å². The molecule has 0 aliphatic carbocycles. The highest BCUT2D eigenvalue weighted by molar-refractivity contribution is 9.10. The van der Waals surface area contributed by atoms with Crippen LogP contribution in [0.25, 0.3) is 11.3 Å². The van der Waals surface area contributed by atoms with Crippen LogP contribution in [0.15, 0.2) is 16.6 Å². The van der Waals surface area contributed by atoms with Gasteiger partial charge in [-0.3, -0.25) is 4.79 Å². The number of nitrogens with two attached hydrogens (primary N) is 1. The van der Waals surface area contributed by atoms with Crippen molar-refractivity contribution in [3.8, 4) is 11.3 Å². The highest BCUT2D eigenvalue weighted by atomic mass is 79.9. The lowest BCUT2D eigenvalue weighted by Gasteiger charge is -2.03. The number of amides is 1. The van der Waals surface area contributed by atoms with Crippen molar-refractivity contribution in [3.05, 3.63) is 33.9 Å². The van der Waals surface area contributed by atoms with Gasteiger partial charge in [0.15, 0.2) is 5.69 Å². The Morgan fingerprint density at radius 3 is 2.71 bits per heavy atom. The average molecular weight is 303 g/mol. The molecular formula is C9H5BrF2N4O. The van der Waals surface area contributed by atoms with E-state index >= 15 is 0 Å². The van der Waals surface area contributed by atoms with Gasteiger partial charge in [-0.2, -0.15) is 15.4 Å². The summed E-state index contributed by atoms with van der Waals surface area (Å²) in [7, 11) is 0. The van der Waals surface area contributed by atoms with E-state index in [9.17, 15) is 13.6 Å². The molecule has 0 saturated heterocycles. The van der Waals surface area contributed by atoms with Gasteiger partial charge in [0.25, 0.3) is 5.91 Å². The number of carbonyl (C=O) groups is 1. The number of carbonyl (C=O) groups excluding carboxylic acids is 1. The maximum atomic E-state index is 13.3. The highest BCUT2D eigenvalue weighted by Crippen LogP contribution is 2.31.